The van der Waals surface area contributed by atoms with E-state index >= 15 is 0 Å². The van der Waals surface area contributed by atoms with Gasteiger partial charge in [0.15, 0.2) is 5.96 Å². The van der Waals surface area contributed by atoms with Gasteiger partial charge >= 0.3 is 0 Å². The summed E-state index contributed by atoms with van der Waals surface area (Å²) in [5, 5.41) is 3.42. The lowest BCUT2D eigenvalue weighted by molar-refractivity contribution is 0.336. The van der Waals surface area contributed by atoms with E-state index < -0.39 is 0 Å². The van der Waals surface area contributed by atoms with Crippen molar-refractivity contribution in [2.75, 3.05) is 33.8 Å². The van der Waals surface area contributed by atoms with Gasteiger partial charge in [0.1, 0.15) is 5.75 Å². The van der Waals surface area contributed by atoms with E-state index in [4.69, 9.17) is 4.74 Å². The van der Waals surface area contributed by atoms with E-state index in [0.717, 1.165) is 31.2 Å². The van der Waals surface area contributed by atoms with Gasteiger partial charge in [0, 0.05) is 27.2 Å². The van der Waals surface area contributed by atoms with Crippen molar-refractivity contribution in [1.82, 2.24) is 10.2 Å². The third-order valence-electron chi connectivity index (χ3n) is 3.37. The maximum Gasteiger partial charge on any atom is 0.193 e. The number of guanidine groups is 1. The lowest BCUT2D eigenvalue weighted by Gasteiger charge is -2.22. The van der Waals surface area contributed by atoms with Crippen LogP contribution >= 0.6 is 24.0 Å². The van der Waals surface area contributed by atoms with Gasteiger partial charge < -0.3 is 15.0 Å². The molecule has 1 rings (SSSR count). The maximum atomic E-state index is 5.65. The van der Waals surface area contributed by atoms with Crippen LogP contribution in [0.1, 0.15) is 32.3 Å². The van der Waals surface area contributed by atoms with Crippen LogP contribution in [0, 0.1) is 0 Å². The third-order valence-corrected chi connectivity index (χ3v) is 3.37. The van der Waals surface area contributed by atoms with Crippen LogP contribution in [-0.2, 0) is 6.42 Å². The van der Waals surface area contributed by atoms with Crippen LogP contribution in [-0.4, -0.2) is 44.7 Å². The summed E-state index contributed by atoms with van der Waals surface area (Å²) >= 11 is 0. The molecule has 0 fully saturated rings. The van der Waals surface area contributed by atoms with Crippen molar-refractivity contribution in [2.24, 2.45) is 4.99 Å². The highest BCUT2D eigenvalue weighted by Gasteiger charge is 2.06. The van der Waals surface area contributed by atoms with Crippen molar-refractivity contribution in [1.29, 1.82) is 0 Å². The van der Waals surface area contributed by atoms with Crippen LogP contribution in [0.5, 0.6) is 5.75 Å². The van der Waals surface area contributed by atoms with Crippen LogP contribution in [0.15, 0.2) is 29.3 Å². The highest BCUT2D eigenvalue weighted by molar-refractivity contribution is 14.0. The van der Waals surface area contributed by atoms with Gasteiger partial charge in [0.25, 0.3) is 0 Å². The van der Waals surface area contributed by atoms with E-state index in [1.807, 2.05) is 26.1 Å². The van der Waals surface area contributed by atoms with Crippen molar-refractivity contribution in [3.05, 3.63) is 29.8 Å². The van der Waals surface area contributed by atoms with Gasteiger partial charge in [-0.3, -0.25) is 4.99 Å². The molecule has 0 aliphatic rings. The van der Waals surface area contributed by atoms with E-state index in [0.29, 0.717) is 6.61 Å². The Kier molecular flexibility index (Phi) is 12.0. The van der Waals surface area contributed by atoms with E-state index in [1.165, 1.54) is 18.4 Å². The quantitative estimate of drug-likeness (QED) is 0.398. The lowest BCUT2D eigenvalue weighted by Crippen LogP contribution is -2.40. The molecule has 0 saturated heterocycles. The first-order valence-electron chi connectivity index (χ1n) is 7.85. The predicted molar refractivity (Wildman–Crippen MR) is 106 cm³/mol. The summed E-state index contributed by atoms with van der Waals surface area (Å²) in [6.45, 7) is 6.80. The first-order valence-corrected chi connectivity index (χ1v) is 7.85. The largest absolute Gasteiger partial charge is 0.494 e. The summed E-state index contributed by atoms with van der Waals surface area (Å²) in [7, 11) is 3.91. The number of nitrogens with zero attached hydrogens (tertiary/aromatic N) is 2. The summed E-state index contributed by atoms with van der Waals surface area (Å²) in [6.07, 6.45) is 3.31. The number of nitrogens with one attached hydrogen (secondary N) is 1. The normalized spacial score (nSPS) is 10.8. The van der Waals surface area contributed by atoms with Crippen LogP contribution in [0.2, 0.25) is 0 Å². The molecule has 5 heteroatoms. The van der Waals surface area contributed by atoms with Gasteiger partial charge in [0.2, 0.25) is 0 Å². The third kappa shape index (κ3) is 7.33. The minimum Gasteiger partial charge on any atom is -0.494 e. The number of unbranched alkanes of at least 4 members (excludes halogenated alkanes) is 1. The molecule has 0 unspecified atom stereocenters. The summed E-state index contributed by atoms with van der Waals surface area (Å²) in [5.74, 6) is 1.94. The zero-order valence-corrected chi connectivity index (χ0v) is 16.6. The number of aliphatic imine (C=N–C) groups is 1. The SMILES string of the molecule is CCCCN(C)C(=NC)NCCc1ccccc1OCC.I. The molecule has 0 aromatic heterocycles. The molecule has 0 radical (unpaired) electrons. The van der Waals surface area contributed by atoms with E-state index in [9.17, 15) is 0 Å². The standard InChI is InChI=1S/C17H29N3O.HI/c1-5-7-14-20(4)17(18-3)19-13-12-15-10-8-9-11-16(15)21-6-2;/h8-11H,5-7,12-14H2,1-4H3,(H,18,19);1H. The van der Waals surface area contributed by atoms with Gasteiger partial charge in [-0.1, -0.05) is 31.5 Å². The van der Waals surface area contributed by atoms with Crippen LogP contribution in [0.25, 0.3) is 0 Å². The Balaban J connectivity index is 0.00000441. The second kappa shape index (κ2) is 12.6. The number of halogens is 1. The van der Waals surface area contributed by atoms with Crippen LogP contribution in [0.3, 0.4) is 0 Å². The molecule has 126 valence electrons. The van der Waals surface area contributed by atoms with Gasteiger partial charge in [-0.2, -0.15) is 0 Å². The Morgan fingerprint density at radius 2 is 2.00 bits per heavy atom. The molecule has 0 heterocycles. The number of rotatable bonds is 8. The van der Waals surface area contributed by atoms with Gasteiger partial charge in [-0.05, 0) is 31.4 Å². The summed E-state index contributed by atoms with van der Waals surface area (Å²) in [6, 6.07) is 8.22. The summed E-state index contributed by atoms with van der Waals surface area (Å²) in [4.78, 5) is 6.51. The van der Waals surface area contributed by atoms with Crippen LogP contribution in [0.4, 0.5) is 0 Å². The first-order chi connectivity index (χ1) is 10.2. The number of hydrogen-bond acceptors (Lipinski definition) is 2. The topological polar surface area (TPSA) is 36.9 Å². The lowest BCUT2D eigenvalue weighted by atomic mass is 10.1. The van der Waals surface area contributed by atoms with Crippen LogP contribution < -0.4 is 10.1 Å². The second-order valence-electron chi connectivity index (χ2n) is 5.04. The van der Waals surface area contributed by atoms with Crippen molar-refractivity contribution in [3.63, 3.8) is 0 Å². The molecule has 0 spiro atoms. The fourth-order valence-electron chi connectivity index (χ4n) is 2.20. The summed E-state index contributed by atoms with van der Waals surface area (Å²) < 4.78 is 5.65. The fourth-order valence-corrected chi connectivity index (χ4v) is 2.20. The average Bonchev–Trinajstić information content (AvgIpc) is 2.51. The maximum absolute atomic E-state index is 5.65. The molecule has 1 aromatic carbocycles. The number of benzene rings is 1. The van der Waals surface area contributed by atoms with E-state index in [-0.39, 0.29) is 24.0 Å². The smallest absolute Gasteiger partial charge is 0.193 e. The molecule has 1 N–H and O–H groups in total. The Morgan fingerprint density at radius 1 is 1.27 bits per heavy atom. The fraction of sp³-hybridized carbons (Fsp3) is 0.588. The average molecular weight is 419 g/mol. The molecule has 0 aliphatic heterocycles. The molecule has 0 amide bonds. The number of para-hydroxylation sites is 1. The van der Waals surface area contributed by atoms with E-state index in [1.54, 1.807) is 0 Å². The monoisotopic (exact) mass is 419 g/mol. The molecule has 1 aromatic rings. The number of hydrogen-bond donors (Lipinski definition) is 1. The Morgan fingerprint density at radius 3 is 2.64 bits per heavy atom. The Hall–Kier alpha value is -0.980. The van der Waals surface area contributed by atoms with Crippen molar-refractivity contribution in [3.8, 4) is 5.75 Å². The van der Waals surface area contributed by atoms with Gasteiger partial charge in [-0.15, -0.1) is 24.0 Å². The van der Waals surface area contributed by atoms with Crippen molar-refractivity contribution in [2.45, 2.75) is 33.1 Å². The van der Waals surface area contributed by atoms with Crippen molar-refractivity contribution < 1.29 is 4.74 Å². The first kappa shape index (κ1) is 21.0. The molecule has 0 atom stereocenters. The molecule has 0 bridgehead atoms. The number of ether oxygens (including phenoxy) is 1. The zero-order chi connectivity index (χ0) is 15.5. The molecule has 0 saturated carbocycles. The predicted octanol–water partition coefficient (Wildman–Crippen LogP) is 3.55. The van der Waals surface area contributed by atoms with Gasteiger partial charge in [-0.25, -0.2) is 0 Å². The van der Waals surface area contributed by atoms with Crippen molar-refractivity contribution >= 4 is 29.9 Å². The highest BCUT2D eigenvalue weighted by atomic mass is 127. The summed E-state index contributed by atoms with van der Waals surface area (Å²) in [5.41, 5.74) is 1.23. The van der Waals surface area contributed by atoms with E-state index in [2.05, 4.69) is 41.3 Å². The minimum atomic E-state index is 0. The molecule has 22 heavy (non-hydrogen) atoms. The van der Waals surface area contributed by atoms with Gasteiger partial charge in [0.05, 0.1) is 6.61 Å². The minimum absolute atomic E-state index is 0. The Bertz CT molecular complexity index is 438. The Labute approximate surface area is 152 Å². The molecular weight excluding hydrogens is 389 g/mol. The second-order valence-corrected chi connectivity index (χ2v) is 5.04. The molecule has 4 nitrogen and oxygen atoms in total. The zero-order valence-electron chi connectivity index (χ0n) is 14.3. The highest BCUT2D eigenvalue weighted by Crippen LogP contribution is 2.17. The molecular formula is C17H30IN3O. The molecule has 0 aliphatic carbocycles.